The highest BCUT2D eigenvalue weighted by molar-refractivity contribution is 5.94. The zero-order valence-corrected chi connectivity index (χ0v) is 18.3. The Morgan fingerprint density at radius 1 is 1.16 bits per heavy atom. The molecule has 1 atom stereocenters. The number of rotatable bonds is 4. The summed E-state index contributed by atoms with van der Waals surface area (Å²) < 4.78 is 1.88. The molecule has 0 bridgehead atoms. The van der Waals surface area contributed by atoms with Crippen LogP contribution < -0.4 is 5.32 Å². The average Bonchev–Trinajstić information content (AvgIpc) is 3.35. The molecule has 0 unspecified atom stereocenters. The number of piperidine rings is 1. The van der Waals surface area contributed by atoms with Gasteiger partial charge in [-0.1, -0.05) is 6.07 Å². The molecule has 0 saturated carbocycles. The van der Waals surface area contributed by atoms with Gasteiger partial charge < -0.3 is 19.6 Å². The lowest BCUT2D eigenvalue weighted by atomic mass is 9.94. The second-order valence-corrected chi connectivity index (χ2v) is 8.66. The van der Waals surface area contributed by atoms with Gasteiger partial charge in [-0.25, -0.2) is 9.97 Å². The van der Waals surface area contributed by atoms with E-state index in [-0.39, 0.29) is 17.7 Å². The van der Waals surface area contributed by atoms with Crippen LogP contribution in [0, 0.1) is 19.8 Å². The summed E-state index contributed by atoms with van der Waals surface area (Å²) in [5, 5.41) is 2.98. The number of aromatic nitrogens is 4. The number of pyridine rings is 1. The molecule has 5 rings (SSSR count). The lowest BCUT2D eigenvalue weighted by molar-refractivity contribution is -0.117. The van der Waals surface area contributed by atoms with Crippen molar-refractivity contribution in [3.63, 3.8) is 0 Å². The van der Waals surface area contributed by atoms with Crippen molar-refractivity contribution >= 4 is 34.2 Å². The number of fused-ring (bicyclic) bond motifs is 2. The summed E-state index contributed by atoms with van der Waals surface area (Å²) in [5.74, 6) is 0.862. The van der Waals surface area contributed by atoms with E-state index in [1.54, 1.807) is 6.20 Å². The van der Waals surface area contributed by atoms with Gasteiger partial charge in [0.1, 0.15) is 17.2 Å². The Hall–Kier alpha value is -3.68. The molecule has 1 aromatic carbocycles. The molecule has 4 heterocycles. The third kappa shape index (κ3) is 4.08. The lowest BCUT2D eigenvalue weighted by Crippen LogP contribution is -2.41. The minimum atomic E-state index is -0.0727. The third-order valence-electron chi connectivity index (χ3n) is 5.98. The average molecular weight is 431 g/mol. The molecule has 32 heavy (non-hydrogen) atoms. The molecule has 1 saturated heterocycles. The van der Waals surface area contributed by atoms with Crippen molar-refractivity contribution in [2.45, 2.75) is 33.1 Å². The molecule has 1 aliphatic heterocycles. The number of amides is 2. The van der Waals surface area contributed by atoms with Crippen molar-refractivity contribution in [2.75, 3.05) is 18.4 Å². The summed E-state index contributed by atoms with van der Waals surface area (Å²) in [5.41, 5.74) is 4.84. The summed E-state index contributed by atoms with van der Waals surface area (Å²) in [6.07, 6.45) is 5.95. The maximum absolute atomic E-state index is 13.0. The molecule has 3 aromatic heterocycles. The maximum atomic E-state index is 13.0. The van der Waals surface area contributed by atoms with Crippen molar-refractivity contribution in [1.82, 2.24) is 24.3 Å². The van der Waals surface area contributed by atoms with Crippen LogP contribution in [-0.2, 0) is 4.79 Å². The van der Waals surface area contributed by atoms with E-state index in [2.05, 4.69) is 20.3 Å². The van der Waals surface area contributed by atoms with E-state index in [4.69, 9.17) is 0 Å². The van der Waals surface area contributed by atoms with Gasteiger partial charge in [0.15, 0.2) is 0 Å². The number of carbonyl (C=O) groups excluding carboxylic acids is 2. The van der Waals surface area contributed by atoms with Gasteiger partial charge in [-0.05, 0) is 62.4 Å². The number of nitrogens with zero attached hydrogens (tertiary/aromatic N) is 4. The van der Waals surface area contributed by atoms with Crippen LogP contribution in [-0.4, -0.2) is 49.2 Å². The van der Waals surface area contributed by atoms with Crippen LogP contribution in [0.4, 0.5) is 5.69 Å². The van der Waals surface area contributed by atoms with Gasteiger partial charge in [0, 0.05) is 37.6 Å². The molecule has 2 amide bonds. The lowest BCUT2D eigenvalue weighted by Gasteiger charge is -2.32. The number of nitrogens with one attached hydrogen (secondary N) is 2. The highest BCUT2D eigenvalue weighted by atomic mass is 16.2. The van der Waals surface area contributed by atoms with Crippen molar-refractivity contribution in [3.05, 3.63) is 59.8 Å². The molecular weight excluding hydrogens is 404 g/mol. The first-order valence-electron chi connectivity index (χ1n) is 11.0. The van der Waals surface area contributed by atoms with Crippen LogP contribution in [0.1, 0.15) is 41.1 Å². The van der Waals surface area contributed by atoms with Gasteiger partial charge in [-0.3, -0.25) is 9.59 Å². The van der Waals surface area contributed by atoms with E-state index in [0.29, 0.717) is 25.2 Å². The van der Waals surface area contributed by atoms with Crippen LogP contribution in [0.5, 0.6) is 0 Å². The topological polar surface area (TPSA) is 95.4 Å². The minimum Gasteiger partial charge on any atom is -0.342 e. The number of aryl methyl sites for hydroxylation is 2. The molecule has 0 spiro atoms. The van der Waals surface area contributed by atoms with E-state index in [9.17, 15) is 9.59 Å². The number of aromatic amines is 1. The first-order valence-corrected chi connectivity index (χ1v) is 11.0. The standard InChI is InChI=1S/C24H26N6O2/c1-15-5-8-22-28-21(14-30(22)12-15)24(32)29-9-3-4-17(13-29)10-23(31)27-18-6-7-19-20(11-18)26-16(2)25-19/h5-8,11-12,14,17H,3-4,9-10,13H2,1-2H3,(H,25,26)(H,27,31)/t17-/m0/s1. The van der Waals surface area contributed by atoms with Crippen LogP contribution >= 0.6 is 0 Å². The fraction of sp³-hybridized carbons (Fsp3) is 0.333. The molecule has 1 fully saturated rings. The fourth-order valence-corrected chi connectivity index (χ4v) is 4.47. The van der Waals surface area contributed by atoms with E-state index >= 15 is 0 Å². The second kappa shape index (κ2) is 8.11. The predicted molar refractivity (Wildman–Crippen MR) is 123 cm³/mol. The predicted octanol–water partition coefficient (Wildman–Crippen LogP) is 3.71. The van der Waals surface area contributed by atoms with Crippen LogP contribution in [0.25, 0.3) is 16.7 Å². The first-order chi connectivity index (χ1) is 15.4. The summed E-state index contributed by atoms with van der Waals surface area (Å²) >= 11 is 0. The van der Waals surface area contributed by atoms with Crippen molar-refractivity contribution < 1.29 is 9.59 Å². The van der Waals surface area contributed by atoms with Gasteiger partial charge in [0.05, 0.1) is 11.0 Å². The summed E-state index contributed by atoms with van der Waals surface area (Å²) in [6, 6.07) is 9.55. The zero-order chi connectivity index (χ0) is 22.2. The van der Waals surface area contributed by atoms with Crippen LogP contribution in [0.3, 0.4) is 0 Å². The third-order valence-corrected chi connectivity index (χ3v) is 5.98. The highest BCUT2D eigenvalue weighted by Crippen LogP contribution is 2.23. The largest absolute Gasteiger partial charge is 0.342 e. The minimum absolute atomic E-state index is 0.0388. The van der Waals surface area contributed by atoms with Gasteiger partial charge in [-0.2, -0.15) is 0 Å². The summed E-state index contributed by atoms with van der Waals surface area (Å²) in [6.45, 7) is 5.18. The highest BCUT2D eigenvalue weighted by Gasteiger charge is 2.27. The Labute approximate surface area is 185 Å². The first kappa shape index (κ1) is 20.2. The number of benzene rings is 1. The van der Waals surface area contributed by atoms with E-state index in [1.807, 2.05) is 59.7 Å². The van der Waals surface area contributed by atoms with Crippen LogP contribution in [0.2, 0.25) is 0 Å². The molecule has 2 N–H and O–H groups in total. The Kier molecular flexibility index (Phi) is 5.13. The van der Waals surface area contributed by atoms with Crippen molar-refractivity contribution in [3.8, 4) is 0 Å². The Morgan fingerprint density at radius 2 is 2.03 bits per heavy atom. The van der Waals surface area contributed by atoms with E-state index in [1.165, 1.54) is 0 Å². The smallest absolute Gasteiger partial charge is 0.274 e. The van der Waals surface area contributed by atoms with E-state index in [0.717, 1.165) is 46.6 Å². The number of hydrogen-bond acceptors (Lipinski definition) is 4. The maximum Gasteiger partial charge on any atom is 0.274 e. The quantitative estimate of drug-likeness (QED) is 0.516. The monoisotopic (exact) mass is 430 g/mol. The fourth-order valence-electron chi connectivity index (χ4n) is 4.47. The number of H-pyrrole nitrogens is 1. The molecule has 164 valence electrons. The molecule has 4 aromatic rings. The number of hydrogen-bond donors (Lipinski definition) is 2. The zero-order valence-electron chi connectivity index (χ0n) is 18.3. The molecule has 8 heteroatoms. The van der Waals surface area contributed by atoms with E-state index < -0.39 is 0 Å². The van der Waals surface area contributed by atoms with Crippen molar-refractivity contribution in [1.29, 1.82) is 0 Å². The number of likely N-dealkylation sites (tertiary alicyclic amines) is 1. The summed E-state index contributed by atoms with van der Waals surface area (Å²) in [7, 11) is 0. The summed E-state index contributed by atoms with van der Waals surface area (Å²) in [4.78, 5) is 39.6. The molecule has 8 nitrogen and oxygen atoms in total. The van der Waals surface area contributed by atoms with Gasteiger partial charge in [0.2, 0.25) is 5.91 Å². The Balaban J connectivity index is 1.22. The van der Waals surface area contributed by atoms with Gasteiger partial charge in [-0.15, -0.1) is 0 Å². The Morgan fingerprint density at radius 3 is 2.91 bits per heavy atom. The van der Waals surface area contributed by atoms with Crippen LogP contribution in [0.15, 0.2) is 42.7 Å². The SMILES string of the molecule is Cc1ccc2nc(C(=O)N3CCC[C@@H](CC(=O)Nc4ccc5nc(C)[nH]c5c4)C3)cn2c1. The molecule has 1 aliphatic rings. The molecule has 0 aliphatic carbocycles. The number of anilines is 1. The van der Waals surface area contributed by atoms with Gasteiger partial charge >= 0.3 is 0 Å². The van der Waals surface area contributed by atoms with Crippen molar-refractivity contribution in [2.24, 2.45) is 5.92 Å². The Bertz CT molecular complexity index is 1320. The normalized spacial score (nSPS) is 16.6. The number of imidazole rings is 2. The molecular formula is C24H26N6O2. The molecule has 0 radical (unpaired) electrons. The van der Waals surface area contributed by atoms with Gasteiger partial charge in [0.25, 0.3) is 5.91 Å². The number of carbonyl (C=O) groups is 2. The second-order valence-electron chi connectivity index (χ2n) is 8.66.